The van der Waals surface area contributed by atoms with Crippen molar-refractivity contribution in [3.05, 3.63) is 47.8 Å². The van der Waals surface area contributed by atoms with E-state index in [9.17, 15) is 4.79 Å². The van der Waals surface area contributed by atoms with Crippen LogP contribution in [0.1, 0.15) is 22.8 Å². The highest BCUT2D eigenvalue weighted by molar-refractivity contribution is 6.06. The number of para-hydroxylation sites is 1. The maximum atomic E-state index is 12.3. The second-order valence-electron chi connectivity index (χ2n) is 3.82. The molecule has 0 saturated carbocycles. The molecule has 1 aromatic carbocycles. The van der Waals surface area contributed by atoms with Gasteiger partial charge in [0.2, 0.25) is 0 Å². The summed E-state index contributed by atoms with van der Waals surface area (Å²) in [6.45, 7) is 4.60. The minimum atomic E-state index is -0.0319. The van der Waals surface area contributed by atoms with Gasteiger partial charge in [-0.2, -0.15) is 5.10 Å². The molecule has 0 aliphatic carbocycles. The first-order valence-electron chi connectivity index (χ1n) is 5.60. The minimum absolute atomic E-state index is 0.0319. The fourth-order valence-corrected chi connectivity index (χ4v) is 1.81. The Kier molecular flexibility index (Phi) is 3.23. The summed E-state index contributed by atoms with van der Waals surface area (Å²) in [5.74, 6) is -0.0319. The molecule has 17 heavy (non-hydrogen) atoms. The molecule has 0 fully saturated rings. The van der Waals surface area contributed by atoms with E-state index in [0.29, 0.717) is 12.1 Å². The van der Waals surface area contributed by atoms with Gasteiger partial charge in [0.1, 0.15) is 0 Å². The molecule has 0 aliphatic heterocycles. The van der Waals surface area contributed by atoms with Crippen molar-refractivity contribution in [2.75, 3.05) is 11.4 Å². The lowest BCUT2D eigenvalue weighted by Crippen LogP contribution is -2.30. The van der Waals surface area contributed by atoms with Crippen LogP contribution in [0.4, 0.5) is 5.69 Å². The number of nitrogens with zero attached hydrogens (tertiary/aromatic N) is 2. The zero-order valence-electron chi connectivity index (χ0n) is 9.97. The molecule has 0 saturated heterocycles. The average Bonchev–Trinajstić information content (AvgIpc) is 2.86. The van der Waals surface area contributed by atoms with Gasteiger partial charge >= 0.3 is 0 Å². The molecule has 0 atom stereocenters. The molecule has 0 aliphatic rings. The summed E-state index contributed by atoms with van der Waals surface area (Å²) in [6.07, 6.45) is 3.16. The van der Waals surface area contributed by atoms with Crippen LogP contribution in [0.5, 0.6) is 0 Å². The third-order valence-electron chi connectivity index (χ3n) is 2.71. The quantitative estimate of drug-likeness (QED) is 0.878. The Labute approximate surface area is 100 Å². The van der Waals surface area contributed by atoms with E-state index in [1.807, 2.05) is 38.1 Å². The van der Waals surface area contributed by atoms with E-state index in [2.05, 4.69) is 10.2 Å². The first kappa shape index (κ1) is 11.4. The van der Waals surface area contributed by atoms with Crippen LogP contribution >= 0.6 is 0 Å². The Hall–Kier alpha value is -2.10. The number of hydrogen-bond acceptors (Lipinski definition) is 2. The highest BCUT2D eigenvalue weighted by atomic mass is 16.2. The van der Waals surface area contributed by atoms with Crippen molar-refractivity contribution in [1.82, 2.24) is 10.2 Å². The predicted octanol–water partition coefficient (Wildman–Crippen LogP) is 2.38. The third-order valence-corrected chi connectivity index (χ3v) is 2.71. The normalized spacial score (nSPS) is 10.2. The van der Waals surface area contributed by atoms with Crippen molar-refractivity contribution in [3.8, 4) is 0 Å². The molecule has 1 heterocycles. The highest BCUT2D eigenvalue weighted by Crippen LogP contribution is 2.20. The number of anilines is 1. The van der Waals surface area contributed by atoms with Gasteiger partial charge in [-0.3, -0.25) is 9.89 Å². The number of hydrogen-bond donors (Lipinski definition) is 1. The number of H-pyrrole nitrogens is 1. The van der Waals surface area contributed by atoms with E-state index in [1.54, 1.807) is 17.3 Å². The molecule has 88 valence electrons. The molecule has 0 spiro atoms. The third kappa shape index (κ3) is 2.20. The molecule has 4 nitrogen and oxygen atoms in total. The van der Waals surface area contributed by atoms with Gasteiger partial charge in [-0.05, 0) is 25.5 Å². The Bertz CT molecular complexity index is 505. The molecule has 1 N–H and O–H groups in total. The lowest BCUT2D eigenvalue weighted by atomic mass is 10.1. The number of carbonyl (C=O) groups is 1. The van der Waals surface area contributed by atoms with Gasteiger partial charge in [-0.25, -0.2) is 0 Å². The lowest BCUT2D eigenvalue weighted by Gasteiger charge is -2.22. The van der Waals surface area contributed by atoms with Gasteiger partial charge in [0.05, 0.1) is 11.8 Å². The van der Waals surface area contributed by atoms with Crippen LogP contribution in [0.25, 0.3) is 0 Å². The van der Waals surface area contributed by atoms with Crippen molar-refractivity contribution in [3.63, 3.8) is 0 Å². The van der Waals surface area contributed by atoms with E-state index in [1.165, 1.54) is 0 Å². The summed E-state index contributed by atoms with van der Waals surface area (Å²) in [7, 11) is 0. The summed E-state index contributed by atoms with van der Waals surface area (Å²) in [6, 6.07) is 7.86. The van der Waals surface area contributed by atoms with E-state index >= 15 is 0 Å². The summed E-state index contributed by atoms with van der Waals surface area (Å²) in [4.78, 5) is 14.0. The van der Waals surface area contributed by atoms with Gasteiger partial charge < -0.3 is 4.90 Å². The van der Waals surface area contributed by atoms with Crippen LogP contribution < -0.4 is 4.90 Å². The number of aryl methyl sites for hydroxylation is 1. The summed E-state index contributed by atoms with van der Waals surface area (Å²) in [5, 5.41) is 6.46. The SMILES string of the molecule is CCN(C(=O)c1cn[nH]c1)c1ccccc1C. The molecule has 2 rings (SSSR count). The maximum Gasteiger partial charge on any atom is 0.261 e. The molecule has 0 radical (unpaired) electrons. The van der Waals surface area contributed by atoms with Crippen molar-refractivity contribution in [2.24, 2.45) is 0 Å². The van der Waals surface area contributed by atoms with Crippen molar-refractivity contribution >= 4 is 11.6 Å². The van der Waals surface area contributed by atoms with Gasteiger partial charge in [0.15, 0.2) is 0 Å². The first-order chi connectivity index (χ1) is 8.24. The van der Waals surface area contributed by atoms with Gasteiger partial charge in [-0.15, -0.1) is 0 Å². The zero-order chi connectivity index (χ0) is 12.3. The fraction of sp³-hybridized carbons (Fsp3) is 0.231. The monoisotopic (exact) mass is 229 g/mol. The Morgan fingerprint density at radius 3 is 2.76 bits per heavy atom. The maximum absolute atomic E-state index is 12.3. The highest BCUT2D eigenvalue weighted by Gasteiger charge is 2.17. The molecule has 0 unspecified atom stereocenters. The summed E-state index contributed by atoms with van der Waals surface area (Å²) in [5.41, 5.74) is 2.61. The van der Waals surface area contributed by atoms with Gasteiger partial charge in [0, 0.05) is 18.4 Å². The van der Waals surface area contributed by atoms with E-state index in [-0.39, 0.29) is 5.91 Å². The number of nitrogens with one attached hydrogen (secondary N) is 1. The van der Waals surface area contributed by atoms with Crippen molar-refractivity contribution < 1.29 is 4.79 Å². The standard InChI is InChI=1S/C13H15N3O/c1-3-16(12-7-5-4-6-10(12)2)13(17)11-8-14-15-9-11/h4-9H,3H2,1-2H3,(H,14,15). The van der Waals surface area contributed by atoms with Crippen molar-refractivity contribution in [1.29, 1.82) is 0 Å². The number of benzene rings is 1. The predicted molar refractivity (Wildman–Crippen MR) is 67.1 cm³/mol. The molecule has 4 heteroatoms. The molecule has 1 amide bonds. The zero-order valence-corrected chi connectivity index (χ0v) is 9.97. The van der Waals surface area contributed by atoms with E-state index < -0.39 is 0 Å². The number of aromatic nitrogens is 2. The molecule has 0 bridgehead atoms. The second-order valence-corrected chi connectivity index (χ2v) is 3.82. The van der Waals surface area contributed by atoms with Gasteiger partial charge in [-0.1, -0.05) is 18.2 Å². The average molecular weight is 229 g/mol. The Balaban J connectivity index is 2.35. The van der Waals surface area contributed by atoms with Crippen LogP contribution in [0.15, 0.2) is 36.7 Å². The van der Waals surface area contributed by atoms with Crippen LogP contribution in [0.2, 0.25) is 0 Å². The van der Waals surface area contributed by atoms with Crippen LogP contribution in [0.3, 0.4) is 0 Å². The van der Waals surface area contributed by atoms with E-state index in [4.69, 9.17) is 0 Å². The topological polar surface area (TPSA) is 49.0 Å². The van der Waals surface area contributed by atoms with E-state index in [0.717, 1.165) is 11.3 Å². The molecular formula is C13H15N3O. The molecule has 1 aromatic heterocycles. The lowest BCUT2D eigenvalue weighted by molar-refractivity contribution is 0.0988. The smallest absolute Gasteiger partial charge is 0.261 e. The van der Waals surface area contributed by atoms with Crippen LogP contribution in [-0.4, -0.2) is 22.6 Å². The Morgan fingerprint density at radius 2 is 2.18 bits per heavy atom. The second kappa shape index (κ2) is 4.82. The molecular weight excluding hydrogens is 214 g/mol. The number of rotatable bonds is 3. The number of carbonyl (C=O) groups excluding carboxylic acids is 1. The first-order valence-corrected chi connectivity index (χ1v) is 5.60. The minimum Gasteiger partial charge on any atom is -0.308 e. The number of aromatic amines is 1. The fourth-order valence-electron chi connectivity index (χ4n) is 1.81. The largest absolute Gasteiger partial charge is 0.308 e. The van der Waals surface area contributed by atoms with Crippen LogP contribution in [0, 0.1) is 6.92 Å². The molecule has 2 aromatic rings. The van der Waals surface area contributed by atoms with Crippen molar-refractivity contribution in [2.45, 2.75) is 13.8 Å². The van der Waals surface area contributed by atoms with Gasteiger partial charge in [0.25, 0.3) is 5.91 Å². The van der Waals surface area contributed by atoms with Crippen LogP contribution in [-0.2, 0) is 0 Å². The summed E-state index contributed by atoms with van der Waals surface area (Å²) < 4.78 is 0. The Morgan fingerprint density at radius 1 is 1.41 bits per heavy atom. The number of amides is 1. The summed E-state index contributed by atoms with van der Waals surface area (Å²) >= 11 is 0.